The van der Waals surface area contributed by atoms with Gasteiger partial charge in [-0.2, -0.15) is 0 Å². The number of carbonyl (C=O) groups is 1. The molecule has 0 unspecified atom stereocenters. The van der Waals surface area contributed by atoms with Gasteiger partial charge in [-0.05, 0) is 88.2 Å². The van der Waals surface area contributed by atoms with E-state index < -0.39 is 12.0 Å². The van der Waals surface area contributed by atoms with Gasteiger partial charge in [0.15, 0.2) is 4.80 Å². The van der Waals surface area contributed by atoms with Crippen molar-refractivity contribution in [2.24, 2.45) is 4.99 Å². The molecule has 4 aromatic rings. The number of ether oxygens (including phenoxy) is 2. The third-order valence-corrected chi connectivity index (χ3v) is 8.07. The van der Waals surface area contributed by atoms with Crippen molar-refractivity contribution >= 4 is 35.0 Å². The maximum Gasteiger partial charge on any atom is 0.338 e. The van der Waals surface area contributed by atoms with Crippen LogP contribution in [-0.4, -0.2) is 28.3 Å². The lowest BCUT2D eigenvalue weighted by Gasteiger charge is -2.24. The fourth-order valence-electron chi connectivity index (χ4n) is 5.11. The Labute approximate surface area is 241 Å². The Bertz CT molecular complexity index is 1810. The largest absolute Gasteiger partial charge is 0.494 e. The van der Waals surface area contributed by atoms with Gasteiger partial charge in [0.2, 0.25) is 0 Å². The molecule has 0 saturated heterocycles. The van der Waals surface area contributed by atoms with Gasteiger partial charge in [-0.1, -0.05) is 41.1 Å². The second-order valence-corrected chi connectivity index (χ2v) is 10.9. The first kappa shape index (κ1) is 27.7. The minimum absolute atomic E-state index is 0.218. The quantitative estimate of drug-likeness (QED) is 0.282. The molecule has 0 radical (unpaired) electrons. The van der Waals surface area contributed by atoms with Crippen molar-refractivity contribution in [3.05, 3.63) is 113 Å². The summed E-state index contributed by atoms with van der Waals surface area (Å²) in [6.45, 7) is 10.3. The second-order valence-electron chi connectivity index (χ2n) is 9.45. The van der Waals surface area contributed by atoms with Gasteiger partial charge in [0, 0.05) is 22.1 Å². The predicted octanol–water partition coefficient (Wildman–Crippen LogP) is 5.26. The molecular formula is C31H30ClN3O4S. The van der Waals surface area contributed by atoms with Gasteiger partial charge in [0.25, 0.3) is 5.56 Å². The van der Waals surface area contributed by atoms with E-state index in [4.69, 9.17) is 21.1 Å². The van der Waals surface area contributed by atoms with Gasteiger partial charge < -0.3 is 14.0 Å². The Morgan fingerprint density at radius 3 is 2.50 bits per heavy atom. The molecule has 7 nitrogen and oxygen atoms in total. The van der Waals surface area contributed by atoms with Crippen molar-refractivity contribution in [2.45, 2.75) is 40.7 Å². The van der Waals surface area contributed by atoms with Crippen LogP contribution < -0.4 is 19.6 Å². The minimum Gasteiger partial charge on any atom is -0.494 e. The summed E-state index contributed by atoms with van der Waals surface area (Å²) in [5.41, 5.74) is 5.31. The molecule has 0 saturated carbocycles. The van der Waals surface area contributed by atoms with Crippen LogP contribution >= 0.6 is 22.9 Å². The van der Waals surface area contributed by atoms with Crippen LogP contribution in [0.2, 0.25) is 5.02 Å². The average Bonchev–Trinajstić information content (AvgIpc) is 3.38. The molecule has 0 N–H and O–H groups in total. The maximum absolute atomic E-state index is 14.0. The first-order chi connectivity index (χ1) is 19.2. The van der Waals surface area contributed by atoms with Gasteiger partial charge >= 0.3 is 5.97 Å². The number of fused-ring (bicyclic) bond motifs is 1. The molecule has 206 valence electrons. The van der Waals surface area contributed by atoms with Crippen LogP contribution in [0.25, 0.3) is 11.8 Å². The fraction of sp³-hybridized carbons (Fsp3) is 0.258. The van der Waals surface area contributed by atoms with Gasteiger partial charge in [0.1, 0.15) is 5.75 Å². The number of halogens is 1. The van der Waals surface area contributed by atoms with Crippen molar-refractivity contribution in [3.63, 3.8) is 0 Å². The zero-order valence-corrected chi connectivity index (χ0v) is 24.6. The molecule has 1 atom stereocenters. The molecule has 0 bridgehead atoms. The standard InChI is InChI=1S/C31H30ClN3O4S/c1-6-38-25-13-11-21(12-14-25)28-27(30(37)39-7-2)19(4)33-31-35(28)29(36)26(40-31)16-22-15-18(3)34(20(22)5)24-10-8-9-23(32)17-24/h8-17,28H,6-7H2,1-5H3/b26-16-/t28-/m0/s1. The molecule has 2 aromatic heterocycles. The molecule has 3 heterocycles. The fourth-order valence-corrected chi connectivity index (χ4v) is 6.33. The lowest BCUT2D eigenvalue weighted by atomic mass is 9.96. The third-order valence-electron chi connectivity index (χ3n) is 6.85. The SMILES string of the molecule is CCOC(=O)C1=C(C)N=c2s/c(=C\c3cc(C)n(-c4cccc(Cl)c4)c3C)c(=O)n2[C@H]1c1ccc(OCC)cc1. The Morgan fingerprint density at radius 1 is 1.07 bits per heavy atom. The Morgan fingerprint density at radius 2 is 1.82 bits per heavy atom. The summed E-state index contributed by atoms with van der Waals surface area (Å²) in [6.07, 6.45) is 1.89. The normalized spacial score (nSPS) is 15.2. The zero-order chi connectivity index (χ0) is 28.6. The summed E-state index contributed by atoms with van der Waals surface area (Å²) >= 11 is 7.56. The molecule has 0 fully saturated rings. The van der Waals surface area contributed by atoms with E-state index in [9.17, 15) is 9.59 Å². The molecule has 0 spiro atoms. The summed E-state index contributed by atoms with van der Waals surface area (Å²) in [7, 11) is 0. The van der Waals surface area contributed by atoms with Crippen LogP contribution in [0.3, 0.4) is 0 Å². The number of hydrogen-bond donors (Lipinski definition) is 0. The molecule has 1 aliphatic rings. The number of carbonyl (C=O) groups excluding carboxylic acids is 1. The molecule has 0 aliphatic carbocycles. The molecule has 1 aliphatic heterocycles. The summed E-state index contributed by atoms with van der Waals surface area (Å²) in [5.74, 6) is 0.231. The molecule has 9 heteroatoms. The highest BCUT2D eigenvalue weighted by Crippen LogP contribution is 2.32. The van der Waals surface area contributed by atoms with Crippen LogP contribution in [0.4, 0.5) is 0 Å². The number of hydrogen-bond acceptors (Lipinski definition) is 6. The van der Waals surface area contributed by atoms with E-state index in [1.54, 1.807) is 18.4 Å². The van der Waals surface area contributed by atoms with Crippen molar-refractivity contribution in [2.75, 3.05) is 13.2 Å². The molecular weight excluding hydrogens is 546 g/mol. The third kappa shape index (κ3) is 5.05. The van der Waals surface area contributed by atoms with Gasteiger partial charge in [-0.25, -0.2) is 9.79 Å². The predicted molar refractivity (Wildman–Crippen MR) is 158 cm³/mol. The lowest BCUT2D eigenvalue weighted by molar-refractivity contribution is -0.139. The molecule has 0 amide bonds. The van der Waals surface area contributed by atoms with Crippen molar-refractivity contribution in [3.8, 4) is 11.4 Å². The number of benzene rings is 2. The molecule has 2 aromatic carbocycles. The van der Waals surface area contributed by atoms with Crippen LogP contribution in [0.5, 0.6) is 5.75 Å². The summed E-state index contributed by atoms with van der Waals surface area (Å²) in [5, 5.41) is 0.655. The van der Waals surface area contributed by atoms with E-state index in [1.807, 2.05) is 81.4 Å². The summed E-state index contributed by atoms with van der Waals surface area (Å²) in [6, 6.07) is 16.5. The smallest absolute Gasteiger partial charge is 0.338 e. The first-order valence-corrected chi connectivity index (χ1v) is 14.3. The van der Waals surface area contributed by atoms with Gasteiger partial charge in [0.05, 0.1) is 35.1 Å². The second kappa shape index (κ2) is 11.3. The van der Waals surface area contributed by atoms with Crippen molar-refractivity contribution in [1.82, 2.24) is 9.13 Å². The maximum atomic E-state index is 14.0. The van der Waals surface area contributed by atoms with Gasteiger partial charge in [-0.15, -0.1) is 0 Å². The number of aryl methyl sites for hydroxylation is 1. The average molecular weight is 576 g/mol. The Balaban J connectivity index is 1.67. The number of rotatable bonds is 7. The number of nitrogens with zero attached hydrogens (tertiary/aromatic N) is 3. The van der Waals surface area contributed by atoms with Crippen LogP contribution in [0.1, 0.15) is 49.3 Å². The Hall–Kier alpha value is -3.88. The van der Waals surface area contributed by atoms with E-state index in [-0.39, 0.29) is 12.2 Å². The number of esters is 1. The van der Waals surface area contributed by atoms with Crippen molar-refractivity contribution in [1.29, 1.82) is 0 Å². The van der Waals surface area contributed by atoms with E-state index in [2.05, 4.69) is 9.56 Å². The molecule has 5 rings (SSSR count). The van der Waals surface area contributed by atoms with Gasteiger partial charge in [-0.3, -0.25) is 9.36 Å². The van der Waals surface area contributed by atoms with Crippen LogP contribution in [0, 0.1) is 13.8 Å². The number of aromatic nitrogens is 2. The summed E-state index contributed by atoms with van der Waals surface area (Å²) < 4.78 is 15.2. The monoisotopic (exact) mass is 575 g/mol. The van der Waals surface area contributed by atoms with Crippen LogP contribution in [-0.2, 0) is 9.53 Å². The van der Waals surface area contributed by atoms with E-state index in [0.29, 0.717) is 38.0 Å². The lowest BCUT2D eigenvalue weighted by Crippen LogP contribution is -2.39. The highest BCUT2D eigenvalue weighted by molar-refractivity contribution is 7.07. The van der Waals surface area contributed by atoms with E-state index in [0.717, 1.165) is 28.2 Å². The highest BCUT2D eigenvalue weighted by atomic mass is 35.5. The first-order valence-electron chi connectivity index (χ1n) is 13.1. The van der Waals surface area contributed by atoms with E-state index >= 15 is 0 Å². The number of allylic oxidation sites excluding steroid dienone is 1. The van der Waals surface area contributed by atoms with E-state index in [1.165, 1.54) is 11.3 Å². The Kier molecular flexibility index (Phi) is 7.83. The zero-order valence-electron chi connectivity index (χ0n) is 23.0. The summed E-state index contributed by atoms with van der Waals surface area (Å²) in [4.78, 5) is 32.3. The highest BCUT2D eigenvalue weighted by Gasteiger charge is 2.33. The number of thiazole rings is 1. The van der Waals surface area contributed by atoms with Crippen molar-refractivity contribution < 1.29 is 14.3 Å². The van der Waals surface area contributed by atoms with Crippen LogP contribution in [0.15, 0.2) is 75.7 Å². The minimum atomic E-state index is -0.674. The topological polar surface area (TPSA) is 74.8 Å². The molecule has 40 heavy (non-hydrogen) atoms.